The molecule has 2 unspecified atom stereocenters. The van der Waals surface area contributed by atoms with Crippen LogP contribution in [0.25, 0.3) is 0 Å². The maximum atomic E-state index is 13.5. The zero-order chi connectivity index (χ0) is 95.7. The van der Waals surface area contributed by atoms with E-state index in [1.54, 1.807) is 154 Å². The van der Waals surface area contributed by atoms with Crippen LogP contribution in [-0.4, -0.2) is 273 Å². The molecule has 4 amide bonds. The van der Waals surface area contributed by atoms with Crippen molar-refractivity contribution >= 4 is 64.0 Å². The number of aromatic nitrogens is 4. The van der Waals surface area contributed by atoms with Gasteiger partial charge in [-0.15, -0.1) is 0 Å². The van der Waals surface area contributed by atoms with Crippen molar-refractivity contribution in [3.05, 3.63) is 288 Å². The normalized spacial score (nSPS) is 17.1. The number of para-hydroxylation sites is 2. The van der Waals surface area contributed by atoms with E-state index in [1.165, 1.54) is 0 Å². The largest absolute Gasteiger partial charge is 0.504 e. The van der Waals surface area contributed by atoms with Gasteiger partial charge in [0.05, 0.1) is 63.6 Å². The average Bonchev–Trinajstić information content (AvgIpc) is 0.767. The molecule has 0 aliphatic carbocycles. The fourth-order valence-corrected chi connectivity index (χ4v) is 17.4. The molecule has 4 aromatic heterocycles. The molecule has 6 atom stereocenters. The van der Waals surface area contributed by atoms with Crippen LogP contribution in [-0.2, 0) is 0 Å². The number of aromatic hydroxyl groups is 1. The summed E-state index contributed by atoms with van der Waals surface area (Å²) in [7, 11) is 0. The highest BCUT2D eigenvalue weighted by molar-refractivity contribution is 6.08. The Morgan fingerprint density at radius 3 is 1.01 bits per heavy atom. The molecule has 7 aliphatic rings. The second-order valence-corrected chi connectivity index (χ2v) is 33.9. The summed E-state index contributed by atoms with van der Waals surface area (Å²) in [5.74, 6) is 5.42. The van der Waals surface area contributed by atoms with E-state index in [0.717, 1.165) is 122 Å². The number of aliphatic hydroxyl groups excluding tert-OH is 2. The maximum absolute atomic E-state index is 13.5. The summed E-state index contributed by atoms with van der Waals surface area (Å²) in [6, 6.07) is 72.8. The fourth-order valence-electron chi connectivity index (χ4n) is 17.4. The van der Waals surface area contributed by atoms with E-state index < -0.39 is 12.6 Å². The summed E-state index contributed by atoms with van der Waals surface area (Å²) in [5, 5.41) is 69.3. The lowest BCUT2D eigenvalue weighted by Crippen LogP contribution is -2.53. The Labute approximate surface area is 796 Å². The molecule has 4 N–H and O–H groups in total. The van der Waals surface area contributed by atoms with Crippen molar-refractivity contribution in [2.75, 3.05) is 192 Å². The number of fused-ring (bicyclic) bond motifs is 3. The number of phenols is 1. The van der Waals surface area contributed by atoms with Crippen LogP contribution in [0.15, 0.2) is 243 Å². The van der Waals surface area contributed by atoms with Crippen LogP contribution >= 0.6 is 0 Å². The van der Waals surface area contributed by atoms with Gasteiger partial charge in [-0.2, -0.15) is 21.0 Å². The SMILES string of the molecule is C[C@H](CN(C(=O)c1ccc(C#N)cc1)c1ccccn1)N1CCN(c2ccc(O)c3c2OCCO3)CC1.C[C@H](CN(C(=O)c1ccc(C#N)cc1)c1ccccn1)N1CCN(c2cccc3c2OC(O)CO3)CC1.C[C@H](CN(C(=O)c1ccc(C#N)cc1)c1ccccn1)N1CCN(c2cccc3c2OCC(O)O3)CC1.C[C@H](CN(C(=O)c1ccc(C#N)cc1)c1ccccn1)N1CCNCC1. The lowest BCUT2D eigenvalue weighted by atomic mass is 10.1. The number of carbonyl (C=O) groups is 4. The molecule has 33 heteroatoms. The molecular weight excluding hydrogens is 1740 g/mol. The van der Waals surface area contributed by atoms with Gasteiger partial charge in [-0.05, 0) is 210 Å². The number of ether oxygens (including phenoxy) is 6. The Morgan fingerprint density at radius 1 is 0.350 bits per heavy atom. The van der Waals surface area contributed by atoms with Crippen molar-refractivity contribution < 1.29 is 62.9 Å². The molecule has 137 heavy (non-hydrogen) atoms. The summed E-state index contributed by atoms with van der Waals surface area (Å²) in [4.78, 5) is 94.4. The van der Waals surface area contributed by atoms with Gasteiger partial charge in [-0.1, -0.05) is 36.4 Å². The number of nitrogens with one attached hydrogen (secondary N) is 1. The van der Waals surface area contributed by atoms with Crippen LogP contribution < -0.4 is 68.0 Å². The molecule has 11 heterocycles. The van der Waals surface area contributed by atoms with Gasteiger partial charge in [0.2, 0.25) is 18.3 Å². The minimum atomic E-state index is -0.971. The first-order chi connectivity index (χ1) is 66.8. The highest BCUT2D eigenvalue weighted by Crippen LogP contribution is 2.47. The van der Waals surface area contributed by atoms with E-state index in [-0.39, 0.29) is 66.8 Å². The molecule has 0 bridgehead atoms. The van der Waals surface area contributed by atoms with Crippen LogP contribution in [0.4, 0.5) is 40.3 Å². The molecule has 0 spiro atoms. The molecule has 0 radical (unpaired) electrons. The highest BCUT2D eigenvalue weighted by atomic mass is 16.7. The fraction of sp³-hybridized carbons (Fsp3) is 0.327. The Hall–Kier alpha value is -15.3. The monoisotopic (exact) mass is 1850 g/mol. The van der Waals surface area contributed by atoms with E-state index in [4.69, 9.17) is 49.5 Å². The van der Waals surface area contributed by atoms with Crippen LogP contribution in [0, 0.1) is 45.3 Å². The minimum absolute atomic E-state index is 0.0811. The zero-order valence-electron chi connectivity index (χ0n) is 76.9. The van der Waals surface area contributed by atoms with Gasteiger partial charge in [0.1, 0.15) is 36.5 Å². The molecule has 11 aromatic rings. The quantitative estimate of drug-likeness (QED) is 0.0462. The number of nitriles is 4. The van der Waals surface area contributed by atoms with Gasteiger partial charge >= 0.3 is 0 Å². The van der Waals surface area contributed by atoms with Crippen LogP contribution in [0.1, 0.15) is 91.4 Å². The molecule has 7 aromatic carbocycles. The maximum Gasteiger partial charge on any atom is 0.259 e. The molecule has 33 nitrogen and oxygen atoms in total. The van der Waals surface area contributed by atoms with Gasteiger partial charge in [0, 0.05) is 202 Å². The first-order valence-corrected chi connectivity index (χ1v) is 46.0. The Bertz CT molecular complexity index is 6050. The van der Waals surface area contributed by atoms with Gasteiger partial charge in [-0.25, -0.2) is 19.9 Å². The van der Waals surface area contributed by atoms with Crippen molar-refractivity contribution in [1.29, 1.82) is 21.0 Å². The van der Waals surface area contributed by atoms with E-state index in [0.29, 0.717) is 142 Å². The first kappa shape index (κ1) is 96.3. The Morgan fingerprint density at radius 2 is 0.664 bits per heavy atom. The third-order valence-corrected chi connectivity index (χ3v) is 25.0. The van der Waals surface area contributed by atoms with Gasteiger partial charge in [0.25, 0.3) is 23.6 Å². The van der Waals surface area contributed by atoms with E-state index in [2.05, 4.69) is 112 Å². The number of nitrogens with zero attached hydrogens (tertiary/aromatic N) is 19. The van der Waals surface area contributed by atoms with Gasteiger partial charge < -0.3 is 63.8 Å². The molecular formula is C104H110N20O13. The standard InChI is InChI=1S/3C28H29N5O4.C20H23N5O/c1-20(18-33(25-7-2-3-12-30-25)28(35)22-10-8-21(17-29)9-11-22)31-13-15-32(16-14-31)23-5-4-6-24-27(23)36-19-26(34)37-24;1-20(18-33(25-7-2-3-12-30-25)28(35)22-10-8-21(17-29)9-11-22)31-13-15-32(16-14-31)23-5-4-6-24-27(23)37-26(34)19-36-24;1-20(19-33(25-4-2-3-11-30-25)28(35)22-7-5-21(18-29)6-8-22)31-12-14-32(15-13-31)23-9-10-24(34)27-26(23)36-16-17-37-27;1-16(24-12-10-22-11-13-24)15-25(19-4-2-3-9-23-19)20(26)18-7-5-17(14-21)6-8-18/h2*2-12,20,26,34H,13-16,18-19H2,1H3;2-11,20,34H,12-17,19H2,1H3;2-9,16,22H,10-13,15H2,1H3/t2*20-,26?;20-;16-/m1111/s1. The third-order valence-electron chi connectivity index (χ3n) is 25.0. The summed E-state index contributed by atoms with van der Waals surface area (Å²) in [6.07, 6.45) is 4.83. The molecule has 704 valence electrons. The molecule has 4 fully saturated rings. The molecule has 18 rings (SSSR count). The lowest BCUT2D eigenvalue weighted by molar-refractivity contribution is -0.0669. The number of piperazine rings is 4. The second-order valence-electron chi connectivity index (χ2n) is 33.9. The predicted octanol–water partition coefficient (Wildman–Crippen LogP) is 11.0. The summed E-state index contributed by atoms with van der Waals surface area (Å²) < 4.78 is 34.1. The number of pyridine rings is 4. The summed E-state index contributed by atoms with van der Waals surface area (Å²) in [5.41, 5.74) is 6.98. The Kier molecular flexibility index (Phi) is 32.7. The lowest BCUT2D eigenvalue weighted by Gasteiger charge is -2.41. The zero-order valence-corrected chi connectivity index (χ0v) is 76.9. The first-order valence-electron chi connectivity index (χ1n) is 46.0. The average molecular weight is 1850 g/mol. The third kappa shape index (κ3) is 24.3. The van der Waals surface area contributed by atoms with Crippen molar-refractivity contribution in [3.8, 4) is 64.5 Å². The van der Waals surface area contributed by atoms with E-state index in [1.807, 2.05) is 109 Å². The van der Waals surface area contributed by atoms with Crippen molar-refractivity contribution in [1.82, 2.24) is 44.9 Å². The number of hydrogen-bond acceptors (Lipinski definition) is 29. The van der Waals surface area contributed by atoms with Gasteiger partial charge in [0.15, 0.2) is 47.7 Å². The second kappa shape index (κ2) is 46.6. The number of aliphatic hydroxyl groups is 2. The van der Waals surface area contributed by atoms with Crippen LogP contribution in [0.2, 0.25) is 0 Å². The number of phenolic OH excluding ortho intramolecular Hbond substituents is 1. The van der Waals surface area contributed by atoms with Crippen LogP contribution in [0.3, 0.4) is 0 Å². The van der Waals surface area contributed by atoms with Crippen molar-refractivity contribution in [2.24, 2.45) is 0 Å². The number of carbonyl (C=O) groups excluding carboxylic acids is 4. The number of anilines is 7. The van der Waals surface area contributed by atoms with Crippen molar-refractivity contribution in [3.63, 3.8) is 0 Å². The van der Waals surface area contributed by atoms with Crippen molar-refractivity contribution in [2.45, 2.75) is 64.4 Å². The van der Waals surface area contributed by atoms with Gasteiger partial charge in [-0.3, -0.25) is 58.4 Å². The number of hydrogen-bond donors (Lipinski definition) is 4. The Balaban J connectivity index is 0.000000140. The predicted molar refractivity (Wildman–Crippen MR) is 518 cm³/mol. The van der Waals surface area contributed by atoms with Crippen LogP contribution in [0.5, 0.6) is 40.2 Å². The van der Waals surface area contributed by atoms with E-state index >= 15 is 0 Å². The molecule has 0 saturated carbocycles. The number of amides is 4. The summed E-state index contributed by atoms with van der Waals surface area (Å²) >= 11 is 0. The molecule has 4 saturated heterocycles. The molecule has 7 aliphatic heterocycles. The smallest absolute Gasteiger partial charge is 0.259 e. The van der Waals surface area contributed by atoms with E-state index in [9.17, 15) is 34.5 Å². The summed E-state index contributed by atoms with van der Waals surface area (Å²) in [6.45, 7) is 25.0. The number of benzene rings is 7. The minimum Gasteiger partial charge on any atom is -0.504 e. The topological polar surface area (TPSA) is 379 Å². The number of rotatable bonds is 23. The highest BCUT2D eigenvalue weighted by Gasteiger charge is 2.36.